The van der Waals surface area contributed by atoms with Gasteiger partial charge in [-0.15, -0.1) is 0 Å². The van der Waals surface area contributed by atoms with Crippen molar-refractivity contribution < 1.29 is 13.5 Å². The summed E-state index contributed by atoms with van der Waals surface area (Å²) in [5.74, 6) is 0. The van der Waals surface area contributed by atoms with Crippen LogP contribution >= 0.6 is 0 Å². The van der Waals surface area contributed by atoms with Crippen LogP contribution in [0.2, 0.25) is 0 Å². The molecule has 0 spiro atoms. The van der Waals surface area contributed by atoms with Crippen LogP contribution in [0.25, 0.3) is 0 Å². The highest BCUT2D eigenvalue weighted by molar-refractivity contribution is 4.87. The molecule has 0 aromatic carbocycles. The van der Waals surface area contributed by atoms with Gasteiger partial charge in [0.1, 0.15) is 0 Å². The van der Waals surface area contributed by atoms with E-state index in [0.29, 0.717) is 13.2 Å². The van der Waals surface area contributed by atoms with E-state index in [9.17, 15) is 8.78 Å². The van der Waals surface area contributed by atoms with Crippen LogP contribution in [-0.2, 0) is 4.74 Å². The van der Waals surface area contributed by atoms with E-state index in [-0.39, 0.29) is 12.0 Å². The summed E-state index contributed by atoms with van der Waals surface area (Å²) in [5.41, 5.74) is 0.0453. The summed E-state index contributed by atoms with van der Waals surface area (Å²) in [6.45, 7) is 3.09. The molecule has 96 valence electrons. The van der Waals surface area contributed by atoms with Crippen molar-refractivity contribution in [3.8, 4) is 0 Å². The maximum atomic E-state index is 12.3. The average Bonchev–Trinajstić information content (AvgIpc) is 2.17. The maximum absolute atomic E-state index is 12.3. The maximum Gasteiger partial charge on any atom is 0.251 e. The molecule has 3 nitrogen and oxygen atoms in total. The molecule has 0 unspecified atom stereocenters. The van der Waals surface area contributed by atoms with Gasteiger partial charge in [-0.05, 0) is 33.0 Å². The third-order valence-corrected chi connectivity index (χ3v) is 3.17. The number of nitrogens with zero attached hydrogens (tertiary/aromatic N) is 1. The number of piperidine rings is 1. The fraction of sp³-hybridized carbons (Fsp3) is 1.00. The molecule has 0 saturated carbocycles. The molecule has 0 radical (unpaired) electrons. The highest BCUT2D eigenvalue weighted by Gasteiger charge is 2.33. The molecule has 1 aliphatic rings. The lowest BCUT2D eigenvalue weighted by atomic mass is 9.79. The molecule has 1 heterocycles. The minimum atomic E-state index is -2.26. The summed E-state index contributed by atoms with van der Waals surface area (Å²) in [6, 6.07) is 0. The fourth-order valence-electron chi connectivity index (χ4n) is 2.48. The van der Waals surface area contributed by atoms with Crippen molar-refractivity contribution in [1.82, 2.24) is 10.2 Å². The van der Waals surface area contributed by atoms with E-state index >= 15 is 0 Å². The molecule has 16 heavy (non-hydrogen) atoms. The number of alkyl halides is 2. The van der Waals surface area contributed by atoms with Crippen molar-refractivity contribution >= 4 is 0 Å². The Balaban J connectivity index is 2.48. The summed E-state index contributed by atoms with van der Waals surface area (Å²) in [7, 11) is 3.43. The second kappa shape index (κ2) is 6.47. The van der Waals surface area contributed by atoms with Crippen LogP contribution in [-0.4, -0.2) is 58.3 Å². The van der Waals surface area contributed by atoms with E-state index in [1.54, 1.807) is 19.1 Å². The van der Waals surface area contributed by atoms with E-state index in [1.165, 1.54) is 0 Å². The van der Waals surface area contributed by atoms with Gasteiger partial charge in [-0.25, -0.2) is 8.78 Å². The van der Waals surface area contributed by atoms with Crippen LogP contribution in [0.4, 0.5) is 8.78 Å². The Morgan fingerprint density at radius 2 is 2.00 bits per heavy atom. The number of halogens is 2. The first-order chi connectivity index (χ1) is 7.58. The molecule has 0 amide bonds. The van der Waals surface area contributed by atoms with E-state index < -0.39 is 6.43 Å². The predicted octanol–water partition coefficient (Wildman–Crippen LogP) is 1.20. The second-order valence-electron chi connectivity index (χ2n) is 4.77. The minimum Gasteiger partial charge on any atom is -0.384 e. The quantitative estimate of drug-likeness (QED) is 0.750. The Morgan fingerprint density at radius 3 is 2.50 bits per heavy atom. The summed E-state index contributed by atoms with van der Waals surface area (Å²) in [4.78, 5) is 1.72. The monoisotopic (exact) mass is 236 g/mol. The molecule has 1 saturated heterocycles. The zero-order valence-corrected chi connectivity index (χ0v) is 10.1. The highest BCUT2D eigenvalue weighted by atomic mass is 19.3. The van der Waals surface area contributed by atoms with Crippen molar-refractivity contribution in [3.05, 3.63) is 0 Å². The van der Waals surface area contributed by atoms with Crippen LogP contribution in [0.5, 0.6) is 0 Å². The summed E-state index contributed by atoms with van der Waals surface area (Å²) in [6.07, 6.45) is -0.269. The first kappa shape index (κ1) is 13.8. The number of nitrogens with one attached hydrogen (secondary N) is 1. The molecule has 0 aromatic heterocycles. The van der Waals surface area contributed by atoms with E-state index in [0.717, 1.165) is 25.9 Å². The largest absolute Gasteiger partial charge is 0.384 e. The second-order valence-corrected chi connectivity index (χ2v) is 4.77. The molecule has 1 aliphatic heterocycles. The Hall–Kier alpha value is -0.260. The third-order valence-electron chi connectivity index (χ3n) is 3.17. The normalized spacial score (nSPS) is 20.6. The smallest absolute Gasteiger partial charge is 0.251 e. The molecule has 5 heteroatoms. The van der Waals surface area contributed by atoms with Crippen molar-refractivity contribution in [3.63, 3.8) is 0 Å². The Labute approximate surface area is 96.1 Å². The van der Waals surface area contributed by atoms with Crippen molar-refractivity contribution in [2.75, 3.05) is 46.9 Å². The van der Waals surface area contributed by atoms with Gasteiger partial charge in [0.15, 0.2) is 0 Å². The predicted molar refractivity (Wildman–Crippen MR) is 59.9 cm³/mol. The van der Waals surface area contributed by atoms with Gasteiger partial charge in [-0.3, -0.25) is 0 Å². The van der Waals surface area contributed by atoms with Crippen LogP contribution in [0, 0.1) is 5.41 Å². The van der Waals surface area contributed by atoms with Gasteiger partial charge in [-0.2, -0.15) is 0 Å². The third kappa shape index (κ3) is 4.31. The topological polar surface area (TPSA) is 24.5 Å². The van der Waals surface area contributed by atoms with Crippen LogP contribution in [0.1, 0.15) is 12.8 Å². The Bertz CT molecular complexity index is 191. The molecule has 1 fully saturated rings. The molecule has 1 N–H and O–H groups in total. The van der Waals surface area contributed by atoms with Gasteiger partial charge in [0, 0.05) is 19.1 Å². The molecule has 0 aromatic rings. The Kier molecular flexibility index (Phi) is 5.58. The zero-order valence-electron chi connectivity index (χ0n) is 10.1. The van der Waals surface area contributed by atoms with E-state index in [4.69, 9.17) is 4.74 Å². The number of methoxy groups -OCH3 is 1. The lowest BCUT2D eigenvalue weighted by molar-refractivity contribution is 0.0125. The lowest BCUT2D eigenvalue weighted by Crippen LogP contribution is -2.47. The summed E-state index contributed by atoms with van der Waals surface area (Å²) in [5, 5.41) is 3.29. The molecule has 1 rings (SSSR count). The summed E-state index contributed by atoms with van der Waals surface area (Å²) >= 11 is 0. The van der Waals surface area contributed by atoms with Gasteiger partial charge in [0.05, 0.1) is 13.2 Å². The highest BCUT2D eigenvalue weighted by Crippen LogP contribution is 2.30. The van der Waals surface area contributed by atoms with Gasteiger partial charge < -0.3 is 15.0 Å². The summed E-state index contributed by atoms with van der Waals surface area (Å²) < 4.78 is 29.8. The van der Waals surface area contributed by atoms with Gasteiger partial charge >= 0.3 is 0 Å². The van der Waals surface area contributed by atoms with Gasteiger partial charge in [-0.1, -0.05) is 0 Å². The molecular formula is C11H22F2N2O. The molecule has 0 aliphatic carbocycles. The molecule has 0 bridgehead atoms. The standard InChI is InChI=1S/C11H22F2N2O/c1-15(7-10(12)13)8-11(9-16-2)3-5-14-6-4-11/h10,14H,3-9H2,1-2H3. The van der Waals surface area contributed by atoms with Gasteiger partial charge in [0.2, 0.25) is 0 Å². The van der Waals surface area contributed by atoms with Crippen LogP contribution < -0.4 is 5.32 Å². The number of ether oxygens (including phenoxy) is 1. The Morgan fingerprint density at radius 1 is 1.38 bits per heavy atom. The van der Waals surface area contributed by atoms with Gasteiger partial charge in [0.25, 0.3) is 6.43 Å². The van der Waals surface area contributed by atoms with E-state index in [1.807, 2.05) is 0 Å². The van der Waals surface area contributed by atoms with Crippen molar-refractivity contribution in [2.45, 2.75) is 19.3 Å². The van der Waals surface area contributed by atoms with Crippen LogP contribution in [0.15, 0.2) is 0 Å². The first-order valence-corrected chi connectivity index (χ1v) is 5.74. The first-order valence-electron chi connectivity index (χ1n) is 5.74. The van der Waals surface area contributed by atoms with Crippen molar-refractivity contribution in [1.29, 1.82) is 0 Å². The van der Waals surface area contributed by atoms with Crippen molar-refractivity contribution in [2.24, 2.45) is 5.41 Å². The molecular weight excluding hydrogens is 214 g/mol. The lowest BCUT2D eigenvalue weighted by Gasteiger charge is -2.39. The van der Waals surface area contributed by atoms with E-state index in [2.05, 4.69) is 5.32 Å². The minimum absolute atomic E-state index is 0.0453. The number of hydrogen-bond donors (Lipinski definition) is 1. The van der Waals surface area contributed by atoms with Crippen LogP contribution in [0.3, 0.4) is 0 Å². The number of hydrogen-bond acceptors (Lipinski definition) is 3. The fourth-order valence-corrected chi connectivity index (χ4v) is 2.48. The molecule has 0 atom stereocenters. The SMILES string of the molecule is COCC1(CN(C)CC(F)F)CCNCC1. The average molecular weight is 236 g/mol. The zero-order chi connectivity index (χ0) is 12.0. The number of rotatable bonds is 6.